The van der Waals surface area contributed by atoms with E-state index in [-0.39, 0.29) is 17.6 Å². The lowest BCUT2D eigenvalue weighted by atomic mass is 10.0. The Morgan fingerprint density at radius 1 is 0.690 bits per heavy atom. The van der Waals surface area contributed by atoms with Crippen LogP contribution in [0.15, 0.2) is 84.9 Å². The van der Waals surface area contributed by atoms with Crippen LogP contribution in [0.25, 0.3) is 0 Å². The summed E-state index contributed by atoms with van der Waals surface area (Å²) in [6.07, 6.45) is 2.45. The average Bonchev–Trinajstić information content (AvgIpc) is 3.07. The molecule has 6 heteroatoms. The predicted molar refractivity (Wildman–Crippen MR) is 104 cm³/mol. The Balaban J connectivity index is 1.45. The summed E-state index contributed by atoms with van der Waals surface area (Å²) in [4.78, 5) is 36.9. The molecule has 0 aromatic heterocycles. The minimum atomic E-state index is -0.397. The first-order valence-corrected chi connectivity index (χ1v) is 8.76. The van der Waals surface area contributed by atoms with Gasteiger partial charge in [0.15, 0.2) is 5.78 Å². The molecule has 142 valence electrons. The summed E-state index contributed by atoms with van der Waals surface area (Å²) in [7, 11) is 0. The Bertz CT molecular complexity index is 1100. The summed E-state index contributed by atoms with van der Waals surface area (Å²) in [5, 5.41) is 0. The van der Waals surface area contributed by atoms with Crippen LogP contribution in [0.3, 0.4) is 0 Å². The summed E-state index contributed by atoms with van der Waals surface area (Å²) in [5.41, 5.74) is 1.31. The van der Waals surface area contributed by atoms with Gasteiger partial charge in [-0.15, -0.1) is 0 Å². The number of hydrogen-bond acceptors (Lipinski definition) is 4. The molecule has 3 aromatic carbocycles. The number of nitrogens with zero attached hydrogens (tertiary/aromatic N) is 1. The van der Waals surface area contributed by atoms with Gasteiger partial charge in [0.05, 0.1) is 5.69 Å². The Morgan fingerprint density at radius 3 is 1.66 bits per heavy atom. The normalized spacial score (nSPS) is 13.1. The van der Waals surface area contributed by atoms with Crippen molar-refractivity contribution in [2.75, 3.05) is 4.90 Å². The maximum absolute atomic E-state index is 13.0. The number of anilines is 1. The molecule has 5 nitrogen and oxygen atoms in total. The van der Waals surface area contributed by atoms with Crippen LogP contribution in [0, 0.1) is 5.82 Å². The van der Waals surface area contributed by atoms with Crippen LogP contribution in [-0.4, -0.2) is 17.6 Å². The Hall–Kier alpha value is -4.06. The van der Waals surface area contributed by atoms with Crippen LogP contribution < -0.4 is 9.64 Å². The molecule has 0 unspecified atom stereocenters. The first-order chi connectivity index (χ1) is 14.0. The second-order valence-corrected chi connectivity index (χ2v) is 6.30. The summed E-state index contributed by atoms with van der Waals surface area (Å²) < 4.78 is 18.7. The van der Waals surface area contributed by atoms with E-state index in [0.717, 1.165) is 4.90 Å². The van der Waals surface area contributed by atoms with E-state index >= 15 is 0 Å². The van der Waals surface area contributed by atoms with Crippen molar-refractivity contribution in [2.24, 2.45) is 0 Å². The topological polar surface area (TPSA) is 63.7 Å². The van der Waals surface area contributed by atoms with Gasteiger partial charge in [-0.2, -0.15) is 0 Å². The maximum atomic E-state index is 13.0. The Labute approximate surface area is 165 Å². The lowest BCUT2D eigenvalue weighted by Crippen LogP contribution is -2.29. The van der Waals surface area contributed by atoms with Crippen molar-refractivity contribution in [2.45, 2.75) is 0 Å². The molecule has 0 atom stereocenters. The molecule has 0 saturated heterocycles. The van der Waals surface area contributed by atoms with Crippen LogP contribution in [-0.2, 0) is 9.59 Å². The van der Waals surface area contributed by atoms with Gasteiger partial charge in [-0.1, -0.05) is 0 Å². The molecule has 0 spiro atoms. The standard InChI is InChI=1S/C23H14FNO4/c24-17-5-1-15(2-6-17)23(28)16-3-9-19(10-4-16)29-20-11-7-18(8-12-20)25-21(26)13-14-22(25)27/h1-14H. The number of carbonyl (C=O) groups is 3. The molecule has 3 aromatic rings. The lowest BCUT2D eigenvalue weighted by molar-refractivity contribution is -0.119. The molecule has 1 aliphatic heterocycles. The molecule has 1 aliphatic rings. The Morgan fingerprint density at radius 2 is 1.14 bits per heavy atom. The van der Waals surface area contributed by atoms with E-state index in [2.05, 4.69) is 0 Å². The van der Waals surface area contributed by atoms with Crippen molar-refractivity contribution >= 4 is 23.3 Å². The first kappa shape index (κ1) is 18.3. The highest BCUT2D eigenvalue weighted by Gasteiger charge is 2.24. The number of halogens is 1. The van der Waals surface area contributed by atoms with Gasteiger partial charge in [0.1, 0.15) is 17.3 Å². The third-order valence-corrected chi connectivity index (χ3v) is 4.36. The van der Waals surface area contributed by atoms with Crippen LogP contribution in [0.4, 0.5) is 10.1 Å². The smallest absolute Gasteiger partial charge is 0.258 e. The number of rotatable bonds is 5. The van der Waals surface area contributed by atoms with Crippen LogP contribution in [0.5, 0.6) is 11.5 Å². The van der Waals surface area contributed by atoms with Crippen molar-refractivity contribution < 1.29 is 23.5 Å². The van der Waals surface area contributed by atoms with E-state index in [1.807, 2.05) is 0 Å². The average molecular weight is 387 g/mol. The highest BCUT2D eigenvalue weighted by Crippen LogP contribution is 2.26. The number of amides is 2. The summed E-state index contributed by atoms with van der Waals surface area (Å²) in [6, 6.07) is 18.5. The summed E-state index contributed by atoms with van der Waals surface area (Å²) in [6.45, 7) is 0. The van der Waals surface area contributed by atoms with Gasteiger partial charge in [-0.05, 0) is 72.8 Å². The van der Waals surface area contributed by atoms with Crippen molar-refractivity contribution in [3.8, 4) is 11.5 Å². The zero-order valence-electron chi connectivity index (χ0n) is 15.0. The maximum Gasteiger partial charge on any atom is 0.258 e. The van der Waals surface area contributed by atoms with E-state index in [0.29, 0.717) is 28.3 Å². The molecule has 4 rings (SSSR count). The molecule has 29 heavy (non-hydrogen) atoms. The van der Waals surface area contributed by atoms with Gasteiger partial charge >= 0.3 is 0 Å². The van der Waals surface area contributed by atoms with Gasteiger partial charge in [-0.25, -0.2) is 9.29 Å². The van der Waals surface area contributed by atoms with Gasteiger partial charge in [0, 0.05) is 23.3 Å². The van der Waals surface area contributed by atoms with Gasteiger partial charge in [0.25, 0.3) is 11.8 Å². The third-order valence-electron chi connectivity index (χ3n) is 4.36. The van der Waals surface area contributed by atoms with Crippen molar-refractivity contribution in [1.29, 1.82) is 0 Å². The van der Waals surface area contributed by atoms with Crippen LogP contribution in [0.1, 0.15) is 15.9 Å². The molecule has 0 aliphatic carbocycles. The van der Waals surface area contributed by atoms with Gasteiger partial charge < -0.3 is 4.74 Å². The molecular weight excluding hydrogens is 373 g/mol. The number of benzene rings is 3. The number of carbonyl (C=O) groups excluding carboxylic acids is 3. The van der Waals surface area contributed by atoms with E-state index in [1.165, 1.54) is 36.4 Å². The third kappa shape index (κ3) is 3.82. The second kappa shape index (κ2) is 7.52. The molecular formula is C23H14FNO4. The van der Waals surface area contributed by atoms with Crippen molar-refractivity contribution in [1.82, 2.24) is 0 Å². The van der Waals surface area contributed by atoms with Crippen LogP contribution in [0.2, 0.25) is 0 Å². The fourth-order valence-corrected chi connectivity index (χ4v) is 2.90. The van der Waals surface area contributed by atoms with Crippen molar-refractivity contribution in [3.05, 3.63) is 102 Å². The molecule has 0 fully saturated rings. The number of ether oxygens (including phenoxy) is 1. The van der Waals surface area contributed by atoms with E-state index in [1.54, 1.807) is 48.5 Å². The fraction of sp³-hybridized carbons (Fsp3) is 0. The second-order valence-electron chi connectivity index (χ2n) is 6.30. The van der Waals surface area contributed by atoms with Gasteiger partial charge in [0.2, 0.25) is 0 Å². The SMILES string of the molecule is O=C(c1ccc(F)cc1)c1ccc(Oc2ccc(N3C(=O)C=CC3=O)cc2)cc1. The quantitative estimate of drug-likeness (QED) is 0.484. The number of ketones is 1. The monoisotopic (exact) mass is 387 g/mol. The lowest BCUT2D eigenvalue weighted by Gasteiger charge is -2.14. The van der Waals surface area contributed by atoms with Gasteiger partial charge in [-0.3, -0.25) is 14.4 Å². The van der Waals surface area contributed by atoms with E-state index < -0.39 is 5.82 Å². The van der Waals surface area contributed by atoms with Crippen molar-refractivity contribution in [3.63, 3.8) is 0 Å². The minimum Gasteiger partial charge on any atom is -0.457 e. The molecule has 0 saturated carbocycles. The molecule has 1 heterocycles. The zero-order chi connectivity index (χ0) is 20.4. The highest BCUT2D eigenvalue weighted by atomic mass is 19.1. The zero-order valence-corrected chi connectivity index (χ0v) is 15.0. The summed E-state index contributed by atoms with van der Waals surface area (Å²) >= 11 is 0. The van der Waals surface area contributed by atoms with E-state index in [9.17, 15) is 18.8 Å². The van der Waals surface area contributed by atoms with E-state index in [4.69, 9.17) is 4.74 Å². The summed E-state index contributed by atoms with van der Waals surface area (Å²) in [5.74, 6) is -0.350. The molecule has 0 radical (unpaired) electrons. The molecule has 2 amide bonds. The first-order valence-electron chi connectivity index (χ1n) is 8.76. The van der Waals surface area contributed by atoms with Crippen LogP contribution >= 0.6 is 0 Å². The number of hydrogen-bond donors (Lipinski definition) is 0. The highest BCUT2D eigenvalue weighted by molar-refractivity contribution is 6.28. The predicted octanol–water partition coefficient (Wildman–Crippen LogP) is 4.28. The fourth-order valence-electron chi connectivity index (χ4n) is 2.90. The largest absolute Gasteiger partial charge is 0.457 e. The molecule has 0 N–H and O–H groups in total. The molecule has 0 bridgehead atoms. The number of imide groups is 1. The Kier molecular flexibility index (Phi) is 4.75. The minimum absolute atomic E-state index is 0.213.